The van der Waals surface area contributed by atoms with Crippen LogP contribution >= 0.6 is 0 Å². The Kier molecular flexibility index (Phi) is 6.52. The van der Waals surface area contributed by atoms with Gasteiger partial charge in [-0.2, -0.15) is 0 Å². The highest BCUT2D eigenvalue weighted by molar-refractivity contribution is 5.80. The minimum atomic E-state index is -0.0216. The fourth-order valence-electron chi connectivity index (χ4n) is 1.82. The van der Waals surface area contributed by atoms with Crippen molar-refractivity contribution in [1.29, 1.82) is 0 Å². The molecule has 0 spiro atoms. The van der Waals surface area contributed by atoms with Crippen molar-refractivity contribution in [2.75, 3.05) is 20.2 Å². The third kappa shape index (κ3) is 6.06. The van der Waals surface area contributed by atoms with Gasteiger partial charge in [0.1, 0.15) is 6.10 Å². The third-order valence-corrected chi connectivity index (χ3v) is 2.71. The summed E-state index contributed by atoms with van der Waals surface area (Å²) in [7, 11) is 1.72. The molecule has 1 unspecified atom stereocenters. The van der Waals surface area contributed by atoms with Gasteiger partial charge in [-0.15, -0.1) is 0 Å². The van der Waals surface area contributed by atoms with Crippen molar-refractivity contribution in [2.45, 2.75) is 39.3 Å². The first-order valence-electron chi connectivity index (χ1n) is 7.10. The fraction of sp³-hybridized carbons (Fsp3) is 0.562. The van der Waals surface area contributed by atoms with Crippen LogP contribution in [0.25, 0.3) is 0 Å². The van der Waals surface area contributed by atoms with Gasteiger partial charge in [0, 0.05) is 19.2 Å². The summed E-state index contributed by atoms with van der Waals surface area (Å²) in [5.41, 5.74) is 1.13. The molecule has 1 atom stereocenters. The van der Waals surface area contributed by atoms with E-state index in [1.165, 1.54) is 0 Å². The molecule has 112 valence electrons. The Morgan fingerprint density at radius 2 is 1.90 bits per heavy atom. The van der Waals surface area contributed by atoms with Crippen LogP contribution in [0.5, 0.6) is 0 Å². The standard InChI is InChI=1S/C16H27N3O/c1-6-17-15(19-16(2,3)4)18-12-14(20-5)13-10-8-7-9-11-13/h7-11,14H,6,12H2,1-5H3,(H2,17,18,19). The quantitative estimate of drug-likeness (QED) is 0.642. The third-order valence-electron chi connectivity index (χ3n) is 2.71. The van der Waals surface area contributed by atoms with E-state index in [0.717, 1.165) is 18.1 Å². The zero-order valence-corrected chi connectivity index (χ0v) is 13.2. The van der Waals surface area contributed by atoms with E-state index >= 15 is 0 Å². The monoisotopic (exact) mass is 277 g/mol. The highest BCUT2D eigenvalue weighted by atomic mass is 16.5. The summed E-state index contributed by atoms with van der Waals surface area (Å²) in [6, 6.07) is 10.2. The van der Waals surface area contributed by atoms with Crippen LogP contribution in [0, 0.1) is 0 Å². The molecular weight excluding hydrogens is 250 g/mol. The molecule has 0 aromatic heterocycles. The second-order valence-corrected chi connectivity index (χ2v) is 5.73. The van der Waals surface area contributed by atoms with Crippen molar-refractivity contribution in [3.8, 4) is 0 Å². The summed E-state index contributed by atoms with van der Waals surface area (Å²) < 4.78 is 5.53. The van der Waals surface area contributed by atoms with Gasteiger partial charge in [0.25, 0.3) is 0 Å². The fourth-order valence-corrected chi connectivity index (χ4v) is 1.82. The van der Waals surface area contributed by atoms with Gasteiger partial charge in [-0.05, 0) is 33.3 Å². The van der Waals surface area contributed by atoms with Gasteiger partial charge in [0.2, 0.25) is 0 Å². The van der Waals surface area contributed by atoms with Gasteiger partial charge in [0.05, 0.1) is 6.54 Å². The molecule has 4 heteroatoms. The summed E-state index contributed by atoms with van der Waals surface area (Å²) in [6.45, 7) is 9.84. The molecule has 1 aromatic rings. The number of rotatable bonds is 5. The molecule has 0 heterocycles. The van der Waals surface area contributed by atoms with Gasteiger partial charge in [-0.1, -0.05) is 30.3 Å². The Hall–Kier alpha value is -1.55. The van der Waals surface area contributed by atoms with Gasteiger partial charge in [-0.25, -0.2) is 0 Å². The number of hydrogen-bond donors (Lipinski definition) is 2. The van der Waals surface area contributed by atoms with E-state index in [1.54, 1.807) is 7.11 Å². The minimum Gasteiger partial charge on any atom is -0.375 e. The van der Waals surface area contributed by atoms with Crippen molar-refractivity contribution in [3.63, 3.8) is 0 Å². The van der Waals surface area contributed by atoms with E-state index < -0.39 is 0 Å². The summed E-state index contributed by atoms with van der Waals surface area (Å²) in [4.78, 5) is 4.62. The van der Waals surface area contributed by atoms with Crippen LogP contribution in [0.15, 0.2) is 35.3 Å². The molecule has 20 heavy (non-hydrogen) atoms. The first kappa shape index (κ1) is 16.5. The van der Waals surface area contributed by atoms with E-state index in [0.29, 0.717) is 6.54 Å². The lowest BCUT2D eigenvalue weighted by molar-refractivity contribution is 0.111. The molecule has 0 amide bonds. The van der Waals surface area contributed by atoms with Gasteiger partial charge in [0.15, 0.2) is 5.96 Å². The predicted octanol–water partition coefficient (Wildman–Crippen LogP) is 2.73. The van der Waals surface area contributed by atoms with Crippen LogP contribution in [0.2, 0.25) is 0 Å². The number of nitrogens with zero attached hydrogens (tertiary/aromatic N) is 1. The molecule has 0 aliphatic heterocycles. The molecule has 0 aliphatic carbocycles. The number of methoxy groups -OCH3 is 1. The number of ether oxygens (including phenoxy) is 1. The van der Waals surface area contributed by atoms with E-state index in [9.17, 15) is 0 Å². The number of guanidine groups is 1. The maximum atomic E-state index is 5.53. The average molecular weight is 277 g/mol. The number of hydrogen-bond acceptors (Lipinski definition) is 2. The van der Waals surface area contributed by atoms with Crippen LogP contribution in [0.3, 0.4) is 0 Å². The number of nitrogens with one attached hydrogen (secondary N) is 2. The van der Waals surface area contributed by atoms with Crippen molar-refractivity contribution >= 4 is 5.96 Å². The summed E-state index contributed by atoms with van der Waals surface area (Å²) in [5.74, 6) is 0.818. The van der Waals surface area contributed by atoms with E-state index in [1.807, 2.05) is 18.2 Å². The lowest BCUT2D eigenvalue weighted by atomic mass is 10.1. The molecule has 0 radical (unpaired) electrons. The van der Waals surface area contributed by atoms with Crippen molar-refractivity contribution < 1.29 is 4.74 Å². The van der Waals surface area contributed by atoms with Crippen molar-refractivity contribution in [1.82, 2.24) is 10.6 Å². The van der Waals surface area contributed by atoms with E-state index in [-0.39, 0.29) is 11.6 Å². The summed E-state index contributed by atoms with van der Waals surface area (Å²) in [5, 5.41) is 6.62. The highest BCUT2D eigenvalue weighted by Gasteiger charge is 2.13. The van der Waals surface area contributed by atoms with Gasteiger partial charge >= 0.3 is 0 Å². The maximum absolute atomic E-state index is 5.53. The second-order valence-electron chi connectivity index (χ2n) is 5.73. The van der Waals surface area contributed by atoms with Crippen molar-refractivity contribution in [3.05, 3.63) is 35.9 Å². The minimum absolute atomic E-state index is 0.0175. The van der Waals surface area contributed by atoms with Crippen LogP contribution in [0.1, 0.15) is 39.4 Å². The molecule has 1 aromatic carbocycles. The molecule has 0 aliphatic rings. The summed E-state index contributed by atoms with van der Waals surface area (Å²) >= 11 is 0. The SMILES string of the molecule is CCNC(=NCC(OC)c1ccccc1)NC(C)(C)C. The number of benzene rings is 1. The zero-order chi connectivity index (χ0) is 15.0. The lowest BCUT2D eigenvalue weighted by Gasteiger charge is -2.24. The lowest BCUT2D eigenvalue weighted by Crippen LogP contribution is -2.47. The maximum Gasteiger partial charge on any atom is 0.191 e. The largest absolute Gasteiger partial charge is 0.375 e. The van der Waals surface area contributed by atoms with Gasteiger partial charge in [-0.3, -0.25) is 4.99 Å². The second kappa shape index (κ2) is 7.90. The molecule has 0 saturated heterocycles. The van der Waals surface area contributed by atoms with Crippen LogP contribution in [-0.2, 0) is 4.74 Å². The number of aliphatic imine (C=N–C) groups is 1. The van der Waals surface area contributed by atoms with E-state index in [2.05, 4.69) is 55.5 Å². The Balaban J connectivity index is 2.74. The smallest absolute Gasteiger partial charge is 0.191 e. The molecule has 0 bridgehead atoms. The molecule has 4 nitrogen and oxygen atoms in total. The summed E-state index contributed by atoms with van der Waals surface area (Å²) in [6.07, 6.45) is -0.0216. The first-order valence-corrected chi connectivity index (χ1v) is 7.10. The van der Waals surface area contributed by atoms with Crippen LogP contribution < -0.4 is 10.6 Å². The topological polar surface area (TPSA) is 45.7 Å². The molecule has 2 N–H and O–H groups in total. The normalized spacial score (nSPS) is 13.9. The average Bonchev–Trinajstić information content (AvgIpc) is 2.39. The first-order chi connectivity index (χ1) is 9.46. The zero-order valence-electron chi connectivity index (χ0n) is 13.2. The van der Waals surface area contributed by atoms with Crippen LogP contribution in [0.4, 0.5) is 0 Å². The highest BCUT2D eigenvalue weighted by Crippen LogP contribution is 2.16. The molecule has 1 rings (SSSR count). The molecule has 0 saturated carbocycles. The Morgan fingerprint density at radius 1 is 1.25 bits per heavy atom. The van der Waals surface area contributed by atoms with Crippen LogP contribution in [-0.4, -0.2) is 31.7 Å². The Bertz CT molecular complexity index is 409. The van der Waals surface area contributed by atoms with E-state index in [4.69, 9.17) is 4.74 Å². The van der Waals surface area contributed by atoms with Crippen molar-refractivity contribution in [2.24, 2.45) is 4.99 Å². The molecule has 0 fully saturated rings. The van der Waals surface area contributed by atoms with Gasteiger partial charge < -0.3 is 15.4 Å². The Labute approximate surface area is 122 Å². The predicted molar refractivity (Wildman–Crippen MR) is 85.1 cm³/mol. The Morgan fingerprint density at radius 3 is 2.40 bits per heavy atom. The molecular formula is C16H27N3O.